The number of hydrazone groups is 1. The number of rotatable bonds is 3. The topological polar surface area (TPSA) is 63.3 Å². The molecule has 2 aromatic rings. The zero-order chi connectivity index (χ0) is 12.3. The zero-order valence-corrected chi connectivity index (χ0v) is 9.34. The Bertz CT molecular complexity index is 533. The number of halogens is 2. The van der Waals surface area contributed by atoms with Gasteiger partial charge in [-0.3, -0.25) is 5.43 Å². The van der Waals surface area contributed by atoms with Crippen molar-refractivity contribution in [2.24, 2.45) is 5.10 Å². The highest BCUT2D eigenvalue weighted by Gasteiger charge is 2.05. The Kier molecular flexibility index (Phi) is 3.29. The van der Waals surface area contributed by atoms with Gasteiger partial charge in [0.1, 0.15) is 17.5 Å². The van der Waals surface area contributed by atoms with Crippen molar-refractivity contribution in [1.82, 2.24) is 4.98 Å². The van der Waals surface area contributed by atoms with Gasteiger partial charge in [-0.2, -0.15) is 5.10 Å². The van der Waals surface area contributed by atoms with E-state index in [1.807, 2.05) is 0 Å². The molecule has 2 rings (SSSR count). The van der Waals surface area contributed by atoms with Gasteiger partial charge in [-0.1, -0.05) is 6.07 Å². The summed E-state index contributed by atoms with van der Waals surface area (Å²) in [6, 6.07) is 3.61. The van der Waals surface area contributed by atoms with Crippen LogP contribution in [0.25, 0.3) is 0 Å². The molecule has 0 spiro atoms. The molecule has 0 bridgehead atoms. The summed E-state index contributed by atoms with van der Waals surface area (Å²) in [6.07, 6.45) is 1.06. The van der Waals surface area contributed by atoms with Crippen LogP contribution in [0.4, 0.5) is 19.7 Å². The number of nitrogens with one attached hydrogen (secondary N) is 1. The fourth-order valence-corrected chi connectivity index (χ4v) is 1.67. The maximum Gasteiger partial charge on any atom is 0.205 e. The molecular weight excluding hydrogens is 246 g/mol. The molecule has 1 heterocycles. The van der Waals surface area contributed by atoms with Crippen LogP contribution < -0.4 is 11.2 Å². The number of benzene rings is 1. The normalized spacial score (nSPS) is 10.9. The third kappa shape index (κ3) is 2.76. The van der Waals surface area contributed by atoms with E-state index in [1.54, 1.807) is 5.38 Å². The van der Waals surface area contributed by atoms with Crippen molar-refractivity contribution >= 4 is 28.5 Å². The molecule has 4 nitrogen and oxygen atoms in total. The van der Waals surface area contributed by atoms with Crippen LogP contribution in [0.2, 0.25) is 0 Å². The van der Waals surface area contributed by atoms with Gasteiger partial charge in [0.2, 0.25) is 5.13 Å². The highest BCUT2D eigenvalue weighted by atomic mass is 32.1. The molecule has 88 valence electrons. The van der Waals surface area contributed by atoms with Gasteiger partial charge >= 0.3 is 0 Å². The maximum absolute atomic E-state index is 13.2. The van der Waals surface area contributed by atoms with Crippen molar-refractivity contribution in [2.75, 3.05) is 11.2 Å². The predicted octanol–water partition coefficient (Wildman–Crippen LogP) is 2.45. The van der Waals surface area contributed by atoms with Gasteiger partial charge in [0.05, 0.1) is 11.8 Å². The van der Waals surface area contributed by atoms with Crippen molar-refractivity contribution in [3.8, 4) is 0 Å². The van der Waals surface area contributed by atoms with Crippen LogP contribution >= 0.6 is 11.3 Å². The molecule has 3 N–H and O–H groups in total. The summed E-state index contributed by atoms with van der Waals surface area (Å²) >= 11 is 1.24. The third-order valence-corrected chi connectivity index (χ3v) is 2.64. The minimum atomic E-state index is -0.672. The number of nitrogens with zero attached hydrogens (tertiary/aromatic N) is 2. The second kappa shape index (κ2) is 4.88. The fourth-order valence-electron chi connectivity index (χ4n) is 1.12. The van der Waals surface area contributed by atoms with E-state index in [4.69, 9.17) is 5.73 Å². The van der Waals surface area contributed by atoms with E-state index in [2.05, 4.69) is 15.5 Å². The SMILES string of the molecule is Nc1csc(NN=Cc2c(F)cccc2F)n1. The van der Waals surface area contributed by atoms with E-state index in [1.165, 1.54) is 17.4 Å². The van der Waals surface area contributed by atoms with Gasteiger partial charge in [-0.15, -0.1) is 11.3 Å². The lowest BCUT2D eigenvalue weighted by molar-refractivity contribution is 0.580. The number of anilines is 2. The van der Waals surface area contributed by atoms with Crippen LogP contribution in [0.5, 0.6) is 0 Å². The molecule has 0 saturated heterocycles. The van der Waals surface area contributed by atoms with E-state index in [-0.39, 0.29) is 5.56 Å². The van der Waals surface area contributed by atoms with E-state index < -0.39 is 11.6 Å². The van der Waals surface area contributed by atoms with E-state index in [0.717, 1.165) is 18.3 Å². The Morgan fingerprint density at radius 3 is 2.65 bits per heavy atom. The molecule has 0 aliphatic carbocycles. The Labute approximate surface area is 99.8 Å². The van der Waals surface area contributed by atoms with Crippen molar-refractivity contribution in [3.05, 3.63) is 40.8 Å². The number of nitrogen functional groups attached to an aromatic ring is 1. The largest absolute Gasteiger partial charge is 0.383 e. The summed E-state index contributed by atoms with van der Waals surface area (Å²) in [5.41, 5.74) is 7.72. The van der Waals surface area contributed by atoms with Crippen LogP contribution in [-0.2, 0) is 0 Å². The molecule has 0 amide bonds. The summed E-state index contributed by atoms with van der Waals surface area (Å²) in [5, 5.41) is 5.76. The van der Waals surface area contributed by atoms with E-state index >= 15 is 0 Å². The van der Waals surface area contributed by atoms with E-state index in [9.17, 15) is 8.78 Å². The van der Waals surface area contributed by atoms with Gasteiger partial charge in [0, 0.05) is 5.38 Å². The number of nitrogens with two attached hydrogens (primary N) is 1. The van der Waals surface area contributed by atoms with Crippen molar-refractivity contribution in [3.63, 3.8) is 0 Å². The van der Waals surface area contributed by atoms with Gasteiger partial charge in [0.15, 0.2) is 0 Å². The number of hydrogen-bond acceptors (Lipinski definition) is 5. The van der Waals surface area contributed by atoms with Crippen molar-refractivity contribution in [1.29, 1.82) is 0 Å². The van der Waals surface area contributed by atoms with Crippen LogP contribution in [0, 0.1) is 11.6 Å². The molecule has 0 unspecified atom stereocenters. The number of thiazole rings is 1. The Balaban J connectivity index is 2.10. The second-order valence-electron chi connectivity index (χ2n) is 3.08. The Hall–Kier alpha value is -2.02. The lowest BCUT2D eigenvalue weighted by Gasteiger charge is -1.97. The highest BCUT2D eigenvalue weighted by molar-refractivity contribution is 7.14. The van der Waals surface area contributed by atoms with Gasteiger partial charge < -0.3 is 5.73 Å². The molecule has 17 heavy (non-hydrogen) atoms. The molecule has 7 heteroatoms. The third-order valence-electron chi connectivity index (χ3n) is 1.88. The predicted molar refractivity (Wildman–Crippen MR) is 64.1 cm³/mol. The van der Waals surface area contributed by atoms with E-state index in [0.29, 0.717) is 10.9 Å². The van der Waals surface area contributed by atoms with Crippen molar-refractivity contribution in [2.45, 2.75) is 0 Å². The minimum Gasteiger partial charge on any atom is -0.383 e. The number of aromatic nitrogens is 1. The zero-order valence-electron chi connectivity index (χ0n) is 8.52. The summed E-state index contributed by atoms with van der Waals surface area (Å²) < 4.78 is 26.4. The summed E-state index contributed by atoms with van der Waals surface area (Å²) in [6.45, 7) is 0. The van der Waals surface area contributed by atoms with Crippen LogP contribution in [-0.4, -0.2) is 11.2 Å². The molecular formula is C10H8F2N4S. The first-order chi connectivity index (χ1) is 8.16. The summed E-state index contributed by atoms with van der Waals surface area (Å²) in [7, 11) is 0. The molecule has 0 aliphatic rings. The summed E-state index contributed by atoms with van der Waals surface area (Å²) in [4.78, 5) is 3.87. The first kappa shape index (κ1) is 11.5. The van der Waals surface area contributed by atoms with Crippen molar-refractivity contribution < 1.29 is 8.78 Å². The quantitative estimate of drug-likeness (QED) is 0.653. The van der Waals surface area contributed by atoms with Gasteiger partial charge in [0.25, 0.3) is 0 Å². The lowest BCUT2D eigenvalue weighted by atomic mass is 10.2. The molecule has 0 radical (unpaired) electrons. The molecule has 0 aliphatic heterocycles. The number of hydrogen-bond donors (Lipinski definition) is 2. The Morgan fingerprint density at radius 1 is 1.35 bits per heavy atom. The standard InChI is InChI=1S/C10H8F2N4S/c11-7-2-1-3-8(12)6(7)4-14-16-10-15-9(13)5-17-10/h1-5H,13H2,(H,15,16). The first-order valence-electron chi connectivity index (χ1n) is 4.61. The second-order valence-corrected chi connectivity index (χ2v) is 3.94. The van der Waals surface area contributed by atoms with Crippen LogP contribution in [0.1, 0.15) is 5.56 Å². The average molecular weight is 254 g/mol. The molecule has 1 aromatic carbocycles. The molecule has 0 atom stereocenters. The van der Waals surface area contributed by atoms with Gasteiger partial charge in [-0.05, 0) is 12.1 Å². The van der Waals surface area contributed by atoms with Crippen LogP contribution in [0.15, 0.2) is 28.7 Å². The minimum absolute atomic E-state index is 0.204. The lowest BCUT2D eigenvalue weighted by Crippen LogP contribution is -1.96. The Morgan fingerprint density at radius 2 is 2.06 bits per heavy atom. The average Bonchev–Trinajstić information content (AvgIpc) is 2.69. The molecule has 0 fully saturated rings. The monoisotopic (exact) mass is 254 g/mol. The fraction of sp³-hybridized carbons (Fsp3) is 0. The van der Waals surface area contributed by atoms with Gasteiger partial charge in [-0.25, -0.2) is 13.8 Å². The maximum atomic E-state index is 13.2. The highest BCUT2D eigenvalue weighted by Crippen LogP contribution is 2.16. The molecule has 0 saturated carbocycles. The van der Waals surface area contributed by atoms with Crippen LogP contribution in [0.3, 0.4) is 0 Å². The smallest absolute Gasteiger partial charge is 0.205 e. The first-order valence-corrected chi connectivity index (χ1v) is 5.49. The molecule has 1 aromatic heterocycles. The summed E-state index contributed by atoms with van der Waals surface area (Å²) in [5.74, 6) is -0.979.